The van der Waals surface area contributed by atoms with Crippen LogP contribution >= 0.6 is 27.5 Å². The van der Waals surface area contributed by atoms with E-state index in [1.54, 1.807) is 7.11 Å². The molecular formula is C18H14BrClO. The van der Waals surface area contributed by atoms with Crippen LogP contribution in [0.5, 0.6) is 5.75 Å². The maximum absolute atomic E-state index is 6.70. The molecule has 0 aromatic heterocycles. The van der Waals surface area contributed by atoms with E-state index in [4.69, 9.17) is 16.3 Å². The predicted octanol–water partition coefficient (Wildman–Crippen LogP) is 5.94. The number of fused-ring (bicyclic) bond motifs is 1. The fourth-order valence-electron chi connectivity index (χ4n) is 2.46. The minimum absolute atomic E-state index is 0.186. The van der Waals surface area contributed by atoms with Gasteiger partial charge in [-0.05, 0) is 40.1 Å². The minimum Gasteiger partial charge on any atom is -0.497 e. The SMILES string of the molecule is COc1ccc(C(Cl)c2ccc(Br)c3ccccc23)cc1. The second kappa shape index (κ2) is 6.08. The van der Waals surface area contributed by atoms with Gasteiger partial charge in [-0.2, -0.15) is 0 Å². The molecule has 0 saturated carbocycles. The van der Waals surface area contributed by atoms with Crippen molar-refractivity contribution in [3.8, 4) is 5.75 Å². The third-order valence-electron chi connectivity index (χ3n) is 3.59. The summed E-state index contributed by atoms with van der Waals surface area (Å²) in [6, 6.07) is 20.3. The molecule has 0 saturated heterocycles. The summed E-state index contributed by atoms with van der Waals surface area (Å²) in [6.45, 7) is 0. The number of methoxy groups -OCH3 is 1. The Balaban J connectivity index is 2.08. The zero-order chi connectivity index (χ0) is 14.8. The molecule has 0 spiro atoms. The van der Waals surface area contributed by atoms with Crippen LogP contribution < -0.4 is 4.74 Å². The Bertz CT molecular complexity index is 768. The molecule has 1 atom stereocenters. The Kier molecular flexibility index (Phi) is 4.18. The van der Waals surface area contributed by atoms with E-state index >= 15 is 0 Å². The first-order valence-electron chi connectivity index (χ1n) is 6.66. The van der Waals surface area contributed by atoms with E-state index in [0.29, 0.717) is 0 Å². The quantitative estimate of drug-likeness (QED) is 0.525. The second-order valence-electron chi connectivity index (χ2n) is 4.82. The molecule has 0 bridgehead atoms. The third kappa shape index (κ3) is 2.78. The summed E-state index contributed by atoms with van der Waals surface area (Å²) >= 11 is 10.3. The second-order valence-corrected chi connectivity index (χ2v) is 6.11. The number of rotatable bonds is 3. The molecule has 0 radical (unpaired) electrons. The Labute approximate surface area is 137 Å². The largest absolute Gasteiger partial charge is 0.497 e. The Morgan fingerprint density at radius 2 is 1.57 bits per heavy atom. The summed E-state index contributed by atoms with van der Waals surface area (Å²) < 4.78 is 6.28. The van der Waals surface area contributed by atoms with Crippen molar-refractivity contribution in [1.29, 1.82) is 0 Å². The zero-order valence-electron chi connectivity index (χ0n) is 11.5. The molecule has 1 nitrogen and oxygen atoms in total. The molecule has 0 fully saturated rings. The molecule has 3 rings (SSSR count). The Morgan fingerprint density at radius 3 is 2.24 bits per heavy atom. The first kappa shape index (κ1) is 14.4. The monoisotopic (exact) mass is 360 g/mol. The molecule has 0 N–H and O–H groups in total. The van der Waals surface area contributed by atoms with Crippen LogP contribution in [-0.2, 0) is 0 Å². The highest BCUT2D eigenvalue weighted by molar-refractivity contribution is 9.10. The first-order valence-corrected chi connectivity index (χ1v) is 7.89. The molecule has 0 aliphatic rings. The fraction of sp³-hybridized carbons (Fsp3) is 0.111. The van der Waals surface area contributed by atoms with E-state index in [-0.39, 0.29) is 5.38 Å². The number of benzene rings is 3. The summed E-state index contributed by atoms with van der Waals surface area (Å²) in [4.78, 5) is 0. The molecule has 0 aliphatic heterocycles. The minimum atomic E-state index is -0.186. The van der Waals surface area contributed by atoms with Gasteiger partial charge in [0.25, 0.3) is 0 Å². The predicted molar refractivity (Wildman–Crippen MR) is 92.3 cm³/mol. The van der Waals surface area contributed by atoms with Crippen LogP contribution in [0.15, 0.2) is 65.1 Å². The fourth-order valence-corrected chi connectivity index (χ4v) is 3.27. The topological polar surface area (TPSA) is 9.23 Å². The molecular weight excluding hydrogens is 348 g/mol. The average molecular weight is 362 g/mol. The molecule has 0 heterocycles. The van der Waals surface area contributed by atoms with Gasteiger partial charge in [-0.15, -0.1) is 11.6 Å². The van der Waals surface area contributed by atoms with Crippen molar-refractivity contribution in [3.63, 3.8) is 0 Å². The van der Waals surface area contributed by atoms with Gasteiger partial charge in [-0.1, -0.05) is 58.4 Å². The third-order valence-corrected chi connectivity index (χ3v) is 4.76. The zero-order valence-corrected chi connectivity index (χ0v) is 13.9. The summed E-state index contributed by atoms with van der Waals surface area (Å²) in [5.74, 6) is 0.836. The molecule has 1 unspecified atom stereocenters. The van der Waals surface area contributed by atoms with E-state index in [9.17, 15) is 0 Å². The number of alkyl halides is 1. The number of hydrogen-bond acceptors (Lipinski definition) is 1. The number of hydrogen-bond donors (Lipinski definition) is 0. The summed E-state index contributed by atoms with van der Waals surface area (Å²) in [6.07, 6.45) is 0. The molecule has 3 heteroatoms. The highest BCUT2D eigenvalue weighted by Crippen LogP contribution is 2.36. The van der Waals surface area contributed by atoms with E-state index < -0.39 is 0 Å². The van der Waals surface area contributed by atoms with Gasteiger partial charge in [0.05, 0.1) is 12.5 Å². The van der Waals surface area contributed by atoms with Gasteiger partial charge < -0.3 is 4.74 Å². The molecule has 0 aliphatic carbocycles. The highest BCUT2D eigenvalue weighted by atomic mass is 79.9. The van der Waals surface area contributed by atoms with Gasteiger partial charge in [0.1, 0.15) is 5.75 Å². The normalized spacial score (nSPS) is 12.3. The summed E-state index contributed by atoms with van der Waals surface area (Å²) in [5, 5.41) is 2.16. The van der Waals surface area contributed by atoms with Crippen molar-refractivity contribution in [2.75, 3.05) is 7.11 Å². The van der Waals surface area contributed by atoms with E-state index in [0.717, 1.165) is 21.3 Å². The van der Waals surface area contributed by atoms with Crippen LogP contribution in [0, 0.1) is 0 Å². The lowest BCUT2D eigenvalue weighted by Crippen LogP contribution is -1.95. The molecule has 0 amide bonds. The Morgan fingerprint density at radius 1 is 0.905 bits per heavy atom. The maximum atomic E-state index is 6.70. The first-order chi connectivity index (χ1) is 10.2. The molecule has 21 heavy (non-hydrogen) atoms. The van der Waals surface area contributed by atoms with Crippen LogP contribution in [-0.4, -0.2) is 7.11 Å². The van der Waals surface area contributed by atoms with Gasteiger partial charge in [0, 0.05) is 4.47 Å². The average Bonchev–Trinajstić information content (AvgIpc) is 2.55. The van der Waals surface area contributed by atoms with Crippen molar-refractivity contribution in [3.05, 3.63) is 76.3 Å². The van der Waals surface area contributed by atoms with Crippen LogP contribution in [0.3, 0.4) is 0 Å². The van der Waals surface area contributed by atoms with Crippen molar-refractivity contribution in [2.24, 2.45) is 0 Å². The lowest BCUT2D eigenvalue weighted by atomic mass is 9.98. The van der Waals surface area contributed by atoms with Gasteiger partial charge in [0.15, 0.2) is 0 Å². The van der Waals surface area contributed by atoms with Gasteiger partial charge in [-0.25, -0.2) is 0 Å². The lowest BCUT2D eigenvalue weighted by molar-refractivity contribution is 0.414. The maximum Gasteiger partial charge on any atom is 0.118 e. The Hall–Kier alpha value is -1.51. The lowest BCUT2D eigenvalue weighted by Gasteiger charge is -2.14. The van der Waals surface area contributed by atoms with Crippen molar-refractivity contribution in [2.45, 2.75) is 5.38 Å². The van der Waals surface area contributed by atoms with Crippen molar-refractivity contribution < 1.29 is 4.74 Å². The molecule has 3 aromatic carbocycles. The van der Waals surface area contributed by atoms with Gasteiger partial charge >= 0.3 is 0 Å². The smallest absolute Gasteiger partial charge is 0.118 e. The van der Waals surface area contributed by atoms with Crippen LogP contribution in [0.1, 0.15) is 16.5 Å². The van der Waals surface area contributed by atoms with Crippen molar-refractivity contribution >= 4 is 38.3 Å². The van der Waals surface area contributed by atoms with Crippen LogP contribution in [0.25, 0.3) is 10.8 Å². The molecule has 3 aromatic rings. The van der Waals surface area contributed by atoms with Crippen molar-refractivity contribution in [1.82, 2.24) is 0 Å². The standard InChI is InChI=1S/C18H14BrClO/c1-21-13-8-6-12(7-9-13)18(20)16-10-11-17(19)15-5-3-2-4-14(15)16/h2-11,18H,1H3. The van der Waals surface area contributed by atoms with E-state index in [2.05, 4.69) is 40.2 Å². The van der Waals surface area contributed by atoms with Gasteiger partial charge in [0.2, 0.25) is 0 Å². The highest BCUT2D eigenvalue weighted by Gasteiger charge is 2.14. The number of ether oxygens (including phenoxy) is 1. The summed E-state index contributed by atoms with van der Waals surface area (Å²) in [7, 11) is 1.66. The van der Waals surface area contributed by atoms with Gasteiger partial charge in [-0.3, -0.25) is 0 Å². The van der Waals surface area contributed by atoms with Crippen LogP contribution in [0.2, 0.25) is 0 Å². The van der Waals surface area contributed by atoms with E-state index in [1.807, 2.05) is 36.4 Å². The number of halogens is 2. The van der Waals surface area contributed by atoms with Crippen LogP contribution in [0.4, 0.5) is 0 Å². The molecule has 106 valence electrons. The van der Waals surface area contributed by atoms with E-state index in [1.165, 1.54) is 10.8 Å². The summed E-state index contributed by atoms with van der Waals surface area (Å²) in [5.41, 5.74) is 2.17.